The van der Waals surface area contributed by atoms with Gasteiger partial charge in [0, 0.05) is 19.9 Å². The van der Waals surface area contributed by atoms with E-state index in [1.54, 1.807) is 6.33 Å². The maximum absolute atomic E-state index is 10.8. The molecule has 1 aliphatic heterocycles. The number of ether oxygens (including phenoxy) is 1. The van der Waals surface area contributed by atoms with Crippen molar-refractivity contribution in [3.63, 3.8) is 0 Å². The monoisotopic (exact) mass is 260 g/mol. The lowest BCUT2D eigenvalue weighted by Crippen LogP contribution is -2.41. The fourth-order valence-corrected chi connectivity index (χ4v) is 2.65. The Hall–Kier alpha value is -1.88. The van der Waals surface area contributed by atoms with Gasteiger partial charge in [-0.15, -0.1) is 0 Å². The van der Waals surface area contributed by atoms with Crippen molar-refractivity contribution >= 4 is 17.0 Å². The van der Waals surface area contributed by atoms with Crippen molar-refractivity contribution in [1.82, 2.24) is 9.55 Å². The number of hydrogen-bond acceptors (Lipinski definition) is 3. The summed E-state index contributed by atoms with van der Waals surface area (Å²) >= 11 is 0. The number of aryl methyl sites for hydroxylation is 1. The molecule has 3 rings (SSSR count). The Morgan fingerprint density at radius 1 is 1.58 bits per heavy atom. The molecule has 0 spiro atoms. The van der Waals surface area contributed by atoms with E-state index >= 15 is 0 Å². The number of nitrogens with zero attached hydrogens (tertiary/aromatic N) is 2. The summed E-state index contributed by atoms with van der Waals surface area (Å²) in [7, 11) is 1.95. The van der Waals surface area contributed by atoms with E-state index in [-0.39, 0.29) is 6.42 Å². The molecular formula is C14H16N2O3. The molecule has 1 fully saturated rings. The number of carboxylic acids is 1. The zero-order chi connectivity index (χ0) is 13.5. The van der Waals surface area contributed by atoms with Gasteiger partial charge in [0.2, 0.25) is 0 Å². The maximum atomic E-state index is 10.8. The molecule has 1 unspecified atom stereocenters. The van der Waals surface area contributed by atoms with Gasteiger partial charge in [-0.05, 0) is 24.1 Å². The van der Waals surface area contributed by atoms with Gasteiger partial charge in [-0.3, -0.25) is 4.79 Å². The summed E-state index contributed by atoms with van der Waals surface area (Å²) in [4.78, 5) is 15.1. The van der Waals surface area contributed by atoms with Crippen molar-refractivity contribution in [3.8, 4) is 0 Å². The summed E-state index contributed by atoms with van der Waals surface area (Å²) in [5.74, 6) is -0.784. The maximum Gasteiger partial charge on any atom is 0.303 e. The summed E-state index contributed by atoms with van der Waals surface area (Å²) in [6.07, 6.45) is 3.29. The van der Waals surface area contributed by atoms with Crippen molar-refractivity contribution in [3.05, 3.63) is 30.1 Å². The lowest BCUT2D eigenvalue weighted by molar-refractivity contribution is -0.165. The molecule has 0 amide bonds. The largest absolute Gasteiger partial charge is 0.481 e. The van der Waals surface area contributed by atoms with Crippen LogP contribution >= 0.6 is 0 Å². The number of rotatable bonds is 4. The highest BCUT2D eigenvalue weighted by Crippen LogP contribution is 2.42. The summed E-state index contributed by atoms with van der Waals surface area (Å²) in [6.45, 7) is 0.694. The molecule has 0 radical (unpaired) electrons. The molecule has 100 valence electrons. The highest BCUT2D eigenvalue weighted by atomic mass is 16.5. The van der Waals surface area contributed by atoms with E-state index in [1.807, 2.05) is 29.8 Å². The van der Waals surface area contributed by atoms with E-state index in [9.17, 15) is 4.79 Å². The second kappa shape index (κ2) is 4.35. The van der Waals surface area contributed by atoms with Crippen LogP contribution in [0.1, 0.15) is 24.8 Å². The van der Waals surface area contributed by atoms with Crippen LogP contribution in [-0.4, -0.2) is 27.2 Å². The number of carbonyl (C=O) groups is 1. The van der Waals surface area contributed by atoms with E-state index in [0.29, 0.717) is 13.0 Å². The molecule has 1 aromatic carbocycles. The Morgan fingerprint density at radius 3 is 3.00 bits per heavy atom. The van der Waals surface area contributed by atoms with Crippen molar-refractivity contribution in [1.29, 1.82) is 0 Å². The van der Waals surface area contributed by atoms with Crippen LogP contribution in [0, 0.1) is 0 Å². The molecular weight excluding hydrogens is 244 g/mol. The number of fused-ring (bicyclic) bond motifs is 1. The van der Waals surface area contributed by atoms with Crippen LogP contribution < -0.4 is 0 Å². The predicted molar refractivity (Wildman–Crippen MR) is 69.8 cm³/mol. The minimum absolute atomic E-state index is 0.125. The topological polar surface area (TPSA) is 64.4 Å². The zero-order valence-electron chi connectivity index (χ0n) is 10.8. The molecule has 2 aromatic rings. The summed E-state index contributed by atoms with van der Waals surface area (Å²) < 4.78 is 7.68. The van der Waals surface area contributed by atoms with Crippen LogP contribution in [0.25, 0.3) is 11.0 Å². The Morgan fingerprint density at radius 2 is 2.37 bits per heavy atom. The van der Waals surface area contributed by atoms with E-state index < -0.39 is 11.6 Å². The fourth-order valence-electron chi connectivity index (χ4n) is 2.65. The van der Waals surface area contributed by atoms with Gasteiger partial charge in [-0.2, -0.15) is 0 Å². The standard InChI is InChI=1S/C14H16N2O3/c1-16-9-15-11-8-10(2-3-12(11)16)14(6-7-19-14)5-4-13(17)18/h2-3,8-9H,4-7H2,1H3,(H,17,18). The Bertz CT molecular complexity index is 629. The number of benzene rings is 1. The number of aliphatic carboxylic acids is 1. The second-order valence-electron chi connectivity index (χ2n) is 5.05. The van der Waals surface area contributed by atoms with Crippen LogP contribution in [0.5, 0.6) is 0 Å². The minimum Gasteiger partial charge on any atom is -0.481 e. The molecule has 1 saturated heterocycles. The third-order valence-corrected chi connectivity index (χ3v) is 3.88. The van der Waals surface area contributed by atoms with Crippen LogP contribution in [0.15, 0.2) is 24.5 Å². The first-order chi connectivity index (χ1) is 9.11. The van der Waals surface area contributed by atoms with Gasteiger partial charge in [-0.25, -0.2) is 4.98 Å². The molecule has 1 aliphatic rings. The number of carboxylic acid groups (broad SMARTS) is 1. The summed E-state index contributed by atoms with van der Waals surface area (Å²) in [6, 6.07) is 6.04. The average molecular weight is 260 g/mol. The number of imidazole rings is 1. The first-order valence-corrected chi connectivity index (χ1v) is 6.38. The van der Waals surface area contributed by atoms with Gasteiger partial charge >= 0.3 is 5.97 Å². The van der Waals surface area contributed by atoms with Crippen LogP contribution in [-0.2, 0) is 22.2 Å². The lowest BCUT2D eigenvalue weighted by atomic mass is 9.82. The SMILES string of the molecule is Cn1cnc2cc(C3(CCC(=O)O)CCO3)ccc21. The van der Waals surface area contributed by atoms with E-state index in [0.717, 1.165) is 23.0 Å². The molecule has 0 bridgehead atoms. The minimum atomic E-state index is -0.784. The number of hydrogen-bond donors (Lipinski definition) is 1. The fraction of sp³-hybridized carbons (Fsp3) is 0.429. The first kappa shape index (κ1) is 12.2. The van der Waals surface area contributed by atoms with E-state index in [4.69, 9.17) is 9.84 Å². The highest BCUT2D eigenvalue weighted by Gasteiger charge is 2.40. The van der Waals surface area contributed by atoms with Crippen molar-refractivity contribution < 1.29 is 14.6 Å². The smallest absolute Gasteiger partial charge is 0.303 e. The van der Waals surface area contributed by atoms with Crippen LogP contribution in [0.4, 0.5) is 0 Å². The molecule has 5 heteroatoms. The molecule has 0 saturated carbocycles. The molecule has 1 N–H and O–H groups in total. The van der Waals surface area contributed by atoms with Gasteiger partial charge in [-0.1, -0.05) is 6.07 Å². The van der Waals surface area contributed by atoms with Gasteiger partial charge in [0.1, 0.15) is 0 Å². The molecule has 1 aromatic heterocycles. The first-order valence-electron chi connectivity index (χ1n) is 6.38. The van der Waals surface area contributed by atoms with E-state index in [1.165, 1.54) is 0 Å². The van der Waals surface area contributed by atoms with Gasteiger partial charge in [0.15, 0.2) is 0 Å². The Kier molecular flexibility index (Phi) is 2.78. The van der Waals surface area contributed by atoms with Crippen molar-refractivity contribution in [2.45, 2.75) is 24.9 Å². The van der Waals surface area contributed by atoms with Crippen molar-refractivity contribution in [2.75, 3.05) is 6.61 Å². The van der Waals surface area contributed by atoms with Crippen molar-refractivity contribution in [2.24, 2.45) is 7.05 Å². The molecule has 2 heterocycles. The van der Waals surface area contributed by atoms with Crippen LogP contribution in [0.2, 0.25) is 0 Å². The third-order valence-electron chi connectivity index (χ3n) is 3.88. The average Bonchev–Trinajstić information content (AvgIpc) is 2.69. The van der Waals surface area contributed by atoms with E-state index in [2.05, 4.69) is 4.98 Å². The Labute approximate surface area is 110 Å². The highest BCUT2D eigenvalue weighted by molar-refractivity contribution is 5.76. The summed E-state index contributed by atoms with van der Waals surface area (Å²) in [5, 5.41) is 8.85. The quantitative estimate of drug-likeness (QED) is 0.913. The molecule has 19 heavy (non-hydrogen) atoms. The molecule has 5 nitrogen and oxygen atoms in total. The normalized spacial score (nSPS) is 22.4. The summed E-state index contributed by atoms with van der Waals surface area (Å²) in [5.41, 5.74) is 2.59. The Balaban J connectivity index is 1.94. The van der Waals surface area contributed by atoms with Gasteiger partial charge in [0.25, 0.3) is 0 Å². The lowest BCUT2D eigenvalue weighted by Gasteiger charge is -2.42. The van der Waals surface area contributed by atoms with Gasteiger partial charge < -0.3 is 14.4 Å². The molecule has 1 atom stereocenters. The number of aromatic nitrogens is 2. The van der Waals surface area contributed by atoms with Crippen LogP contribution in [0.3, 0.4) is 0 Å². The zero-order valence-corrected chi connectivity index (χ0v) is 10.8. The third kappa shape index (κ3) is 2.00. The molecule has 0 aliphatic carbocycles. The predicted octanol–water partition coefficient (Wildman–Crippen LogP) is 2.05. The second-order valence-corrected chi connectivity index (χ2v) is 5.05. The van der Waals surface area contributed by atoms with Gasteiger partial charge in [0.05, 0.1) is 29.6 Å².